The highest BCUT2D eigenvalue weighted by atomic mass is 35.5. The molecule has 2 amide bonds. The number of amides is 2. The van der Waals surface area contributed by atoms with E-state index < -0.39 is 6.04 Å². The lowest BCUT2D eigenvalue weighted by Gasteiger charge is -2.32. The van der Waals surface area contributed by atoms with E-state index >= 15 is 0 Å². The highest BCUT2D eigenvalue weighted by Crippen LogP contribution is 2.27. The third-order valence-corrected chi connectivity index (χ3v) is 6.59. The summed E-state index contributed by atoms with van der Waals surface area (Å²) in [7, 11) is 0. The topological polar surface area (TPSA) is 49.4 Å². The molecule has 2 aromatic rings. The summed E-state index contributed by atoms with van der Waals surface area (Å²) in [4.78, 5) is 28.9. The fourth-order valence-electron chi connectivity index (χ4n) is 3.90. The number of hydrogen-bond acceptors (Lipinski definition) is 3. The summed E-state index contributed by atoms with van der Waals surface area (Å²) in [5, 5.41) is 5.22. The molecule has 156 valence electrons. The van der Waals surface area contributed by atoms with Crippen molar-refractivity contribution in [3.05, 3.63) is 57.8 Å². The molecular weight excluding hydrogens is 404 g/mol. The van der Waals surface area contributed by atoms with Crippen LogP contribution in [0.2, 0.25) is 0 Å². The van der Waals surface area contributed by atoms with Crippen molar-refractivity contribution in [1.29, 1.82) is 0 Å². The third-order valence-electron chi connectivity index (χ3n) is 5.50. The average molecular weight is 433 g/mol. The van der Waals surface area contributed by atoms with E-state index in [0.717, 1.165) is 41.7 Å². The van der Waals surface area contributed by atoms with Crippen molar-refractivity contribution in [2.24, 2.45) is 0 Å². The van der Waals surface area contributed by atoms with E-state index in [0.29, 0.717) is 6.54 Å². The zero-order chi connectivity index (χ0) is 20.6. The highest BCUT2D eigenvalue weighted by Gasteiger charge is 2.32. The maximum Gasteiger partial charge on any atom is 0.247 e. The van der Waals surface area contributed by atoms with E-state index in [2.05, 4.69) is 5.32 Å². The van der Waals surface area contributed by atoms with Crippen LogP contribution in [0.1, 0.15) is 60.6 Å². The van der Waals surface area contributed by atoms with E-state index in [1.807, 2.05) is 48.7 Å². The van der Waals surface area contributed by atoms with Gasteiger partial charge in [-0.3, -0.25) is 9.59 Å². The van der Waals surface area contributed by atoms with Crippen LogP contribution in [0.15, 0.2) is 41.8 Å². The number of carbonyl (C=O) groups is 2. The molecule has 1 aromatic heterocycles. The molecular formula is C23H29ClN2O2S. The lowest BCUT2D eigenvalue weighted by atomic mass is 10.0. The lowest BCUT2D eigenvalue weighted by Crippen LogP contribution is -2.46. The first-order valence-corrected chi connectivity index (χ1v) is 11.7. The first-order valence-electron chi connectivity index (χ1n) is 10.3. The van der Waals surface area contributed by atoms with Crippen LogP contribution < -0.4 is 5.32 Å². The minimum absolute atomic E-state index is 0.115. The van der Waals surface area contributed by atoms with Gasteiger partial charge in [0.2, 0.25) is 11.8 Å². The van der Waals surface area contributed by atoms with E-state index in [4.69, 9.17) is 11.6 Å². The molecule has 1 N–H and O–H groups in total. The number of carbonyl (C=O) groups excluding carboxylic acids is 2. The molecule has 4 nitrogen and oxygen atoms in total. The average Bonchev–Trinajstić information content (AvgIpc) is 3.11. The zero-order valence-corrected chi connectivity index (χ0v) is 18.5. The van der Waals surface area contributed by atoms with Gasteiger partial charge in [0.1, 0.15) is 11.9 Å². The summed E-state index contributed by atoms with van der Waals surface area (Å²) in [6.45, 7) is 2.39. The van der Waals surface area contributed by atoms with Gasteiger partial charge in [-0.2, -0.15) is 0 Å². The van der Waals surface area contributed by atoms with E-state index in [9.17, 15) is 9.59 Å². The number of halogens is 1. The molecule has 1 atom stereocenters. The molecule has 0 unspecified atom stereocenters. The van der Waals surface area contributed by atoms with Crippen LogP contribution in [0, 0.1) is 6.92 Å². The number of aryl methyl sites for hydroxylation is 1. The molecule has 1 fully saturated rings. The Morgan fingerprint density at radius 3 is 2.41 bits per heavy atom. The number of alkyl halides is 1. The standard InChI is InChI=1S/C23H29ClN2O2S/c1-17-10-12-18(13-11-17)22(23(28)25-19-7-4-2-3-5-8-19)26(21(27)15-24)16-20-9-6-14-29-20/h6,9-14,19,22H,2-5,7-8,15-16H2,1H3,(H,25,28)/t22-/m0/s1. The Labute approximate surface area is 182 Å². The summed E-state index contributed by atoms with van der Waals surface area (Å²) in [6, 6.07) is 11.3. The van der Waals surface area contributed by atoms with Gasteiger partial charge in [0.25, 0.3) is 0 Å². The van der Waals surface area contributed by atoms with Crippen molar-refractivity contribution in [2.75, 3.05) is 5.88 Å². The predicted molar refractivity (Wildman–Crippen MR) is 119 cm³/mol. The largest absolute Gasteiger partial charge is 0.351 e. The van der Waals surface area contributed by atoms with Gasteiger partial charge in [-0.05, 0) is 36.8 Å². The van der Waals surface area contributed by atoms with Crippen molar-refractivity contribution >= 4 is 34.8 Å². The van der Waals surface area contributed by atoms with Crippen LogP contribution in [-0.2, 0) is 16.1 Å². The fraction of sp³-hybridized carbons (Fsp3) is 0.478. The molecule has 0 bridgehead atoms. The van der Waals surface area contributed by atoms with Crippen LogP contribution in [0.25, 0.3) is 0 Å². The van der Waals surface area contributed by atoms with Gasteiger partial charge >= 0.3 is 0 Å². The molecule has 0 saturated heterocycles. The second kappa shape index (κ2) is 10.8. The molecule has 1 aliphatic carbocycles. The van der Waals surface area contributed by atoms with Crippen LogP contribution in [0.3, 0.4) is 0 Å². The van der Waals surface area contributed by atoms with Gasteiger partial charge in [-0.25, -0.2) is 0 Å². The minimum Gasteiger partial charge on any atom is -0.351 e. The molecule has 0 aliphatic heterocycles. The maximum absolute atomic E-state index is 13.5. The number of rotatable bonds is 7. The molecule has 1 aromatic carbocycles. The summed E-state index contributed by atoms with van der Waals surface area (Å²) in [5.74, 6) is -0.498. The van der Waals surface area contributed by atoms with Crippen molar-refractivity contribution in [1.82, 2.24) is 10.2 Å². The van der Waals surface area contributed by atoms with Gasteiger partial charge in [-0.15, -0.1) is 22.9 Å². The molecule has 29 heavy (non-hydrogen) atoms. The molecule has 1 heterocycles. The Morgan fingerprint density at radius 2 is 1.83 bits per heavy atom. The van der Waals surface area contributed by atoms with Gasteiger partial charge in [0, 0.05) is 10.9 Å². The highest BCUT2D eigenvalue weighted by molar-refractivity contribution is 7.09. The SMILES string of the molecule is Cc1ccc([C@@H](C(=O)NC2CCCCCC2)N(Cc2cccs2)C(=O)CCl)cc1. The molecule has 6 heteroatoms. The Bertz CT molecular complexity index is 784. The van der Waals surface area contributed by atoms with E-state index in [-0.39, 0.29) is 23.7 Å². The third kappa shape index (κ3) is 6.06. The van der Waals surface area contributed by atoms with Gasteiger partial charge in [-0.1, -0.05) is 61.6 Å². The van der Waals surface area contributed by atoms with Gasteiger partial charge in [0.15, 0.2) is 0 Å². The second-order valence-electron chi connectivity index (χ2n) is 7.74. The number of benzene rings is 1. The number of hydrogen-bond donors (Lipinski definition) is 1. The second-order valence-corrected chi connectivity index (χ2v) is 9.04. The van der Waals surface area contributed by atoms with Crippen LogP contribution in [0.4, 0.5) is 0 Å². The first-order chi connectivity index (χ1) is 14.1. The van der Waals surface area contributed by atoms with Crippen molar-refractivity contribution in [3.63, 3.8) is 0 Å². The van der Waals surface area contributed by atoms with Crippen molar-refractivity contribution < 1.29 is 9.59 Å². The normalized spacial score (nSPS) is 16.1. The molecule has 1 aliphatic rings. The van der Waals surface area contributed by atoms with Gasteiger partial charge in [0.05, 0.1) is 6.54 Å². The number of nitrogens with one attached hydrogen (secondary N) is 1. The summed E-state index contributed by atoms with van der Waals surface area (Å²) < 4.78 is 0. The summed E-state index contributed by atoms with van der Waals surface area (Å²) >= 11 is 7.52. The number of nitrogens with zero attached hydrogens (tertiary/aromatic N) is 1. The monoisotopic (exact) mass is 432 g/mol. The summed E-state index contributed by atoms with van der Waals surface area (Å²) in [6.07, 6.45) is 6.73. The maximum atomic E-state index is 13.5. The Balaban J connectivity index is 1.90. The van der Waals surface area contributed by atoms with Crippen LogP contribution >= 0.6 is 22.9 Å². The number of thiophene rings is 1. The quantitative estimate of drug-likeness (QED) is 0.482. The van der Waals surface area contributed by atoms with Crippen LogP contribution in [0.5, 0.6) is 0 Å². The minimum atomic E-state index is -0.688. The van der Waals surface area contributed by atoms with Crippen molar-refractivity contribution in [2.45, 2.75) is 64.1 Å². The zero-order valence-electron chi connectivity index (χ0n) is 16.9. The van der Waals surface area contributed by atoms with Gasteiger partial charge < -0.3 is 10.2 Å². The van der Waals surface area contributed by atoms with Crippen LogP contribution in [-0.4, -0.2) is 28.6 Å². The Morgan fingerprint density at radius 1 is 1.14 bits per heavy atom. The van der Waals surface area contributed by atoms with Crippen molar-refractivity contribution in [3.8, 4) is 0 Å². The molecule has 0 spiro atoms. The summed E-state index contributed by atoms with van der Waals surface area (Å²) in [5.41, 5.74) is 1.93. The predicted octanol–water partition coefficient (Wildman–Crippen LogP) is 5.20. The van der Waals surface area contributed by atoms with E-state index in [1.54, 1.807) is 16.2 Å². The fourth-order valence-corrected chi connectivity index (χ4v) is 4.75. The molecule has 3 rings (SSSR count). The Kier molecular flexibility index (Phi) is 8.13. The molecule has 0 radical (unpaired) electrons. The Hall–Kier alpha value is -1.85. The van der Waals surface area contributed by atoms with E-state index in [1.165, 1.54) is 12.8 Å². The lowest BCUT2D eigenvalue weighted by molar-refractivity contribution is -0.140. The molecule has 1 saturated carbocycles. The smallest absolute Gasteiger partial charge is 0.247 e. The first kappa shape index (κ1) is 21.8.